The van der Waals surface area contributed by atoms with Crippen LogP contribution in [0, 0.1) is 12.8 Å². The Morgan fingerprint density at radius 2 is 2.23 bits per heavy atom. The summed E-state index contributed by atoms with van der Waals surface area (Å²) in [6, 6.07) is 2.74. The van der Waals surface area contributed by atoms with E-state index < -0.39 is 0 Å². The van der Waals surface area contributed by atoms with Crippen LogP contribution in [-0.2, 0) is 4.74 Å². The minimum atomic E-state index is -0.181. The van der Waals surface area contributed by atoms with Crippen molar-refractivity contribution < 1.29 is 9.53 Å². The van der Waals surface area contributed by atoms with Crippen molar-refractivity contribution in [1.29, 1.82) is 0 Å². The summed E-state index contributed by atoms with van der Waals surface area (Å²) in [5.41, 5.74) is 0.667. The van der Waals surface area contributed by atoms with Gasteiger partial charge in [0, 0.05) is 21.7 Å². The quantitative estimate of drug-likeness (QED) is 0.846. The van der Waals surface area contributed by atoms with Crippen LogP contribution in [0.25, 0.3) is 0 Å². The number of amides is 1. The van der Waals surface area contributed by atoms with Gasteiger partial charge in [-0.05, 0) is 51.6 Å². The summed E-state index contributed by atoms with van der Waals surface area (Å²) in [7, 11) is 0. The summed E-state index contributed by atoms with van der Waals surface area (Å²) >= 11 is 1.79. The van der Waals surface area contributed by atoms with Crippen LogP contribution in [0.3, 0.4) is 0 Å². The van der Waals surface area contributed by atoms with Gasteiger partial charge in [-0.15, -0.1) is 11.3 Å². The van der Waals surface area contributed by atoms with E-state index in [1.165, 1.54) is 30.7 Å². The second-order valence-electron chi connectivity index (χ2n) is 7.43. The average molecular weight is 320 g/mol. The van der Waals surface area contributed by atoms with Gasteiger partial charge < -0.3 is 15.4 Å². The monoisotopic (exact) mass is 320 g/mol. The summed E-state index contributed by atoms with van der Waals surface area (Å²) < 4.78 is 5.20. The number of hydrogen-bond donors (Lipinski definition) is 2. The highest BCUT2D eigenvalue weighted by Gasteiger charge is 2.41. The molecule has 3 fully saturated rings. The van der Waals surface area contributed by atoms with Crippen molar-refractivity contribution in [2.45, 2.75) is 50.6 Å². The molecule has 0 radical (unpaired) electrons. The van der Waals surface area contributed by atoms with Crippen LogP contribution in [0.1, 0.15) is 52.2 Å². The molecule has 2 aliphatic carbocycles. The highest BCUT2D eigenvalue weighted by atomic mass is 32.1. The van der Waals surface area contributed by atoms with Gasteiger partial charge in [0.05, 0.1) is 24.3 Å². The molecule has 1 saturated heterocycles. The van der Waals surface area contributed by atoms with Crippen molar-refractivity contribution in [2.75, 3.05) is 19.8 Å². The van der Waals surface area contributed by atoms with Gasteiger partial charge in [-0.25, -0.2) is 0 Å². The minimum Gasteiger partial charge on any atom is -0.376 e. The highest BCUT2D eigenvalue weighted by molar-refractivity contribution is 7.12. The minimum absolute atomic E-state index is 0.0499. The Balaban J connectivity index is 1.37. The van der Waals surface area contributed by atoms with E-state index in [1.54, 1.807) is 11.3 Å². The van der Waals surface area contributed by atoms with Crippen LogP contribution in [0.2, 0.25) is 0 Å². The Labute approximate surface area is 135 Å². The SMILES string of the molecule is Cc1sc(C2CC2NCC2CC2)cc1C(=O)NC1(C)COC1. The van der Waals surface area contributed by atoms with E-state index in [0.29, 0.717) is 25.2 Å². The van der Waals surface area contributed by atoms with E-state index in [4.69, 9.17) is 4.74 Å². The van der Waals surface area contributed by atoms with Gasteiger partial charge in [-0.2, -0.15) is 0 Å². The molecule has 0 bridgehead atoms. The maximum atomic E-state index is 12.5. The molecular formula is C17H24N2O2S. The lowest BCUT2D eigenvalue weighted by Gasteiger charge is -2.38. The highest BCUT2D eigenvalue weighted by Crippen LogP contribution is 2.45. The van der Waals surface area contributed by atoms with Gasteiger partial charge in [0.25, 0.3) is 5.91 Å². The third-order valence-corrected chi connectivity index (χ3v) is 6.14. The molecule has 1 aromatic heterocycles. The molecule has 3 aliphatic rings. The number of carbonyl (C=O) groups excluding carboxylic acids is 1. The first-order chi connectivity index (χ1) is 10.5. The summed E-state index contributed by atoms with van der Waals surface area (Å²) in [5.74, 6) is 1.60. The number of nitrogens with one attached hydrogen (secondary N) is 2. The molecule has 2 unspecified atom stereocenters. The van der Waals surface area contributed by atoms with Crippen LogP contribution in [0.4, 0.5) is 0 Å². The third kappa shape index (κ3) is 2.94. The molecule has 4 nitrogen and oxygen atoms in total. The number of ether oxygens (including phenoxy) is 1. The fourth-order valence-corrected chi connectivity index (χ4v) is 4.31. The second kappa shape index (κ2) is 5.32. The maximum absolute atomic E-state index is 12.5. The fraction of sp³-hybridized carbons (Fsp3) is 0.706. The first-order valence-corrected chi connectivity index (χ1v) is 9.10. The molecule has 1 amide bonds. The zero-order valence-corrected chi connectivity index (χ0v) is 14.1. The molecule has 120 valence electrons. The average Bonchev–Trinajstić information content (AvgIpc) is 3.34. The van der Waals surface area contributed by atoms with Gasteiger partial charge in [0.1, 0.15) is 0 Å². The molecule has 2 heterocycles. The molecular weight excluding hydrogens is 296 g/mol. The van der Waals surface area contributed by atoms with Crippen molar-refractivity contribution in [2.24, 2.45) is 5.92 Å². The smallest absolute Gasteiger partial charge is 0.252 e. The van der Waals surface area contributed by atoms with Crippen molar-refractivity contribution in [3.63, 3.8) is 0 Å². The number of aryl methyl sites for hydroxylation is 1. The van der Waals surface area contributed by atoms with E-state index in [-0.39, 0.29) is 11.4 Å². The van der Waals surface area contributed by atoms with Gasteiger partial charge in [0.2, 0.25) is 0 Å². The van der Waals surface area contributed by atoms with Crippen molar-refractivity contribution in [1.82, 2.24) is 10.6 Å². The van der Waals surface area contributed by atoms with Crippen LogP contribution in [0.15, 0.2) is 6.07 Å². The van der Waals surface area contributed by atoms with Crippen molar-refractivity contribution in [3.8, 4) is 0 Å². The van der Waals surface area contributed by atoms with Gasteiger partial charge in [-0.3, -0.25) is 4.79 Å². The summed E-state index contributed by atoms with van der Waals surface area (Å²) in [6.45, 7) is 6.50. The van der Waals surface area contributed by atoms with Gasteiger partial charge in [-0.1, -0.05) is 0 Å². The standard InChI is InChI=1S/C17H24N2O2S/c1-10-12(16(20)19-17(2)8-21-9-17)6-15(22-10)13-5-14(13)18-7-11-3-4-11/h6,11,13-14,18H,3-5,7-9H2,1-2H3,(H,19,20). The zero-order chi connectivity index (χ0) is 15.3. The molecule has 0 spiro atoms. The largest absolute Gasteiger partial charge is 0.376 e. The van der Waals surface area contributed by atoms with E-state index >= 15 is 0 Å². The number of carbonyl (C=O) groups is 1. The maximum Gasteiger partial charge on any atom is 0.252 e. The third-order valence-electron chi connectivity index (χ3n) is 4.96. The lowest BCUT2D eigenvalue weighted by Crippen LogP contribution is -2.59. The van der Waals surface area contributed by atoms with Crippen molar-refractivity contribution >= 4 is 17.2 Å². The predicted octanol–water partition coefficient (Wildman–Crippen LogP) is 2.43. The number of thiophene rings is 1. The predicted molar refractivity (Wildman–Crippen MR) is 87.6 cm³/mol. The molecule has 22 heavy (non-hydrogen) atoms. The van der Waals surface area contributed by atoms with E-state index in [2.05, 4.69) is 23.6 Å². The topological polar surface area (TPSA) is 50.4 Å². The first kappa shape index (κ1) is 14.7. The van der Waals surface area contributed by atoms with E-state index in [1.807, 2.05) is 6.92 Å². The van der Waals surface area contributed by atoms with E-state index in [9.17, 15) is 4.79 Å². The lowest BCUT2D eigenvalue weighted by atomic mass is 10.00. The number of hydrogen-bond acceptors (Lipinski definition) is 4. The van der Waals surface area contributed by atoms with Crippen LogP contribution >= 0.6 is 11.3 Å². The Bertz CT molecular complexity index is 589. The Hall–Kier alpha value is -0.910. The molecule has 2 N–H and O–H groups in total. The van der Waals surface area contributed by atoms with Crippen LogP contribution < -0.4 is 10.6 Å². The van der Waals surface area contributed by atoms with Gasteiger partial charge in [0.15, 0.2) is 0 Å². The number of rotatable bonds is 6. The molecule has 4 rings (SSSR count). The van der Waals surface area contributed by atoms with Crippen LogP contribution in [0.5, 0.6) is 0 Å². The van der Waals surface area contributed by atoms with Crippen LogP contribution in [-0.4, -0.2) is 37.2 Å². The summed E-state index contributed by atoms with van der Waals surface area (Å²) in [5, 5.41) is 6.78. The molecule has 0 aromatic carbocycles. The normalized spacial score (nSPS) is 29.0. The molecule has 1 aromatic rings. The Morgan fingerprint density at radius 3 is 2.86 bits per heavy atom. The Morgan fingerprint density at radius 1 is 1.45 bits per heavy atom. The van der Waals surface area contributed by atoms with Crippen molar-refractivity contribution in [3.05, 3.63) is 21.4 Å². The van der Waals surface area contributed by atoms with E-state index in [0.717, 1.165) is 16.4 Å². The van der Waals surface area contributed by atoms with Gasteiger partial charge >= 0.3 is 0 Å². The summed E-state index contributed by atoms with van der Waals surface area (Å²) in [6.07, 6.45) is 4.02. The molecule has 1 aliphatic heterocycles. The molecule has 5 heteroatoms. The molecule has 2 atom stereocenters. The zero-order valence-electron chi connectivity index (χ0n) is 13.3. The first-order valence-electron chi connectivity index (χ1n) is 8.28. The Kier molecular flexibility index (Phi) is 3.55. The fourth-order valence-electron chi connectivity index (χ4n) is 3.11. The second-order valence-corrected chi connectivity index (χ2v) is 8.71. The lowest BCUT2D eigenvalue weighted by molar-refractivity contribution is -0.0593. The molecule has 2 saturated carbocycles. The summed E-state index contributed by atoms with van der Waals surface area (Å²) in [4.78, 5) is 15.0.